The summed E-state index contributed by atoms with van der Waals surface area (Å²) in [6, 6.07) is 28.6. The normalized spacial score (nSPS) is 13.4. The third-order valence-electron chi connectivity index (χ3n) is 4.11. The van der Waals surface area contributed by atoms with Gasteiger partial charge in [-0.3, -0.25) is 5.32 Å². The fourth-order valence-corrected chi connectivity index (χ4v) is 3.10. The lowest BCUT2D eigenvalue weighted by Crippen LogP contribution is -2.33. The monoisotopic (exact) mass is 336 g/mol. The quantitative estimate of drug-likeness (QED) is 0.630. The molecule has 0 radical (unpaired) electrons. The fourth-order valence-electron chi connectivity index (χ4n) is 2.84. The minimum atomic E-state index is -0.326. The van der Waals surface area contributed by atoms with Gasteiger partial charge in [0, 0.05) is 16.6 Å². The van der Waals surface area contributed by atoms with Crippen LogP contribution in [0.25, 0.3) is 0 Å². The third-order valence-corrected chi connectivity index (χ3v) is 4.45. The number of nitrogens with one attached hydrogen (secondary N) is 1. The summed E-state index contributed by atoms with van der Waals surface area (Å²) < 4.78 is 0. The van der Waals surface area contributed by atoms with Crippen LogP contribution in [-0.4, -0.2) is 0 Å². The Labute approximate surface area is 148 Å². The topological polar surface area (TPSA) is 38.0 Å². The van der Waals surface area contributed by atoms with E-state index in [4.69, 9.17) is 17.3 Å². The lowest BCUT2D eigenvalue weighted by molar-refractivity contribution is 0.451. The molecule has 3 aromatic carbocycles. The van der Waals surface area contributed by atoms with E-state index in [1.807, 2.05) is 36.4 Å². The van der Waals surface area contributed by atoms with Crippen molar-refractivity contribution < 1.29 is 0 Å². The maximum Gasteiger partial charge on any atom is 0.0829 e. The standard InChI is InChI=1S/C21H21ClN2/c22-19-14-8-7-13-18(19)21(23)24-20(17-11-5-2-6-12-17)15-16-9-3-1-4-10-16/h1-14,20-21,24H,15,23H2. The van der Waals surface area contributed by atoms with Gasteiger partial charge in [0.1, 0.15) is 0 Å². The lowest BCUT2D eigenvalue weighted by atomic mass is 9.98. The molecular weight excluding hydrogens is 316 g/mol. The van der Waals surface area contributed by atoms with Gasteiger partial charge >= 0.3 is 0 Å². The van der Waals surface area contributed by atoms with Crippen molar-refractivity contribution in [3.63, 3.8) is 0 Å². The summed E-state index contributed by atoms with van der Waals surface area (Å²) in [4.78, 5) is 0. The summed E-state index contributed by atoms with van der Waals surface area (Å²) in [7, 11) is 0. The van der Waals surface area contributed by atoms with E-state index in [1.54, 1.807) is 0 Å². The highest BCUT2D eigenvalue weighted by atomic mass is 35.5. The minimum Gasteiger partial charge on any atom is -0.312 e. The van der Waals surface area contributed by atoms with Crippen molar-refractivity contribution >= 4 is 11.6 Å². The summed E-state index contributed by atoms with van der Waals surface area (Å²) in [6.07, 6.45) is 0.538. The van der Waals surface area contributed by atoms with Crippen LogP contribution in [0.3, 0.4) is 0 Å². The molecule has 2 atom stereocenters. The summed E-state index contributed by atoms with van der Waals surface area (Å²) in [5.74, 6) is 0. The van der Waals surface area contributed by atoms with Crippen LogP contribution in [0.2, 0.25) is 5.02 Å². The van der Waals surface area contributed by atoms with Crippen LogP contribution in [0.1, 0.15) is 28.9 Å². The van der Waals surface area contributed by atoms with Crippen molar-refractivity contribution in [3.05, 3.63) is 107 Å². The van der Waals surface area contributed by atoms with Crippen molar-refractivity contribution in [1.82, 2.24) is 5.32 Å². The van der Waals surface area contributed by atoms with Crippen LogP contribution in [0, 0.1) is 0 Å². The van der Waals surface area contributed by atoms with E-state index in [0.29, 0.717) is 5.02 Å². The molecule has 2 unspecified atom stereocenters. The average Bonchev–Trinajstić information content (AvgIpc) is 2.63. The predicted octanol–water partition coefficient (Wildman–Crippen LogP) is 4.87. The highest BCUT2D eigenvalue weighted by Gasteiger charge is 2.17. The molecule has 3 N–H and O–H groups in total. The molecule has 0 heterocycles. The smallest absolute Gasteiger partial charge is 0.0829 e. The zero-order valence-electron chi connectivity index (χ0n) is 13.4. The van der Waals surface area contributed by atoms with Crippen molar-refractivity contribution in [3.8, 4) is 0 Å². The number of hydrogen-bond acceptors (Lipinski definition) is 2. The molecule has 0 saturated carbocycles. The molecule has 0 aromatic heterocycles. The second kappa shape index (κ2) is 8.11. The molecule has 122 valence electrons. The molecule has 2 nitrogen and oxygen atoms in total. The van der Waals surface area contributed by atoms with Gasteiger partial charge < -0.3 is 5.73 Å². The number of halogens is 1. The van der Waals surface area contributed by atoms with Gasteiger partial charge in [-0.05, 0) is 23.6 Å². The molecule has 0 saturated heterocycles. The van der Waals surface area contributed by atoms with Gasteiger partial charge in [-0.15, -0.1) is 0 Å². The molecule has 0 amide bonds. The number of benzene rings is 3. The van der Waals surface area contributed by atoms with Crippen LogP contribution >= 0.6 is 11.6 Å². The first-order valence-corrected chi connectivity index (χ1v) is 8.47. The Morgan fingerprint density at radius 2 is 1.38 bits per heavy atom. The summed E-state index contributed by atoms with van der Waals surface area (Å²) in [5.41, 5.74) is 9.78. The maximum atomic E-state index is 6.39. The summed E-state index contributed by atoms with van der Waals surface area (Å²) >= 11 is 6.29. The van der Waals surface area contributed by atoms with Gasteiger partial charge in [0.2, 0.25) is 0 Å². The van der Waals surface area contributed by atoms with Crippen LogP contribution in [0.15, 0.2) is 84.9 Å². The van der Waals surface area contributed by atoms with Gasteiger partial charge in [-0.2, -0.15) is 0 Å². The maximum absolute atomic E-state index is 6.39. The Bertz CT molecular complexity index is 759. The Hall–Kier alpha value is -2.13. The molecule has 3 aromatic rings. The minimum absolute atomic E-state index is 0.111. The van der Waals surface area contributed by atoms with Crippen molar-refractivity contribution in [1.29, 1.82) is 0 Å². The molecule has 0 aliphatic carbocycles. The first-order valence-electron chi connectivity index (χ1n) is 8.09. The first kappa shape index (κ1) is 16.7. The summed E-state index contributed by atoms with van der Waals surface area (Å²) in [6.45, 7) is 0. The Balaban J connectivity index is 1.83. The molecule has 0 spiro atoms. The van der Waals surface area contributed by atoms with E-state index in [0.717, 1.165) is 12.0 Å². The zero-order chi connectivity index (χ0) is 16.8. The number of rotatable bonds is 6. The van der Waals surface area contributed by atoms with Crippen LogP contribution < -0.4 is 11.1 Å². The largest absolute Gasteiger partial charge is 0.312 e. The highest BCUT2D eigenvalue weighted by Crippen LogP contribution is 2.24. The van der Waals surface area contributed by atoms with Crippen LogP contribution in [0.5, 0.6) is 0 Å². The van der Waals surface area contributed by atoms with E-state index < -0.39 is 0 Å². The van der Waals surface area contributed by atoms with Gasteiger partial charge in [0.25, 0.3) is 0 Å². The molecule has 0 bridgehead atoms. The van der Waals surface area contributed by atoms with E-state index >= 15 is 0 Å². The lowest BCUT2D eigenvalue weighted by Gasteiger charge is -2.25. The highest BCUT2D eigenvalue weighted by molar-refractivity contribution is 6.31. The van der Waals surface area contributed by atoms with Gasteiger partial charge in [-0.25, -0.2) is 0 Å². The van der Waals surface area contributed by atoms with Crippen molar-refractivity contribution in [2.75, 3.05) is 0 Å². The molecule has 0 aliphatic heterocycles. The second-order valence-corrected chi connectivity index (χ2v) is 6.23. The van der Waals surface area contributed by atoms with Crippen molar-refractivity contribution in [2.45, 2.75) is 18.6 Å². The average molecular weight is 337 g/mol. The Kier molecular flexibility index (Phi) is 5.65. The third kappa shape index (κ3) is 4.24. The molecule has 0 fully saturated rings. The van der Waals surface area contributed by atoms with Gasteiger partial charge in [-0.1, -0.05) is 90.5 Å². The van der Waals surface area contributed by atoms with Gasteiger partial charge in [0.15, 0.2) is 0 Å². The summed E-state index contributed by atoms with van der Waals surface area (Å²) in [5, 5.41) is 4.22. The molecular formula is C21H21ClN2. The Morgan fingerprint density at radius 1 is 0.792 bits per heavy atom. The van der Waals surface area contributed by atoms with E-state index in [2.05, 4.69) is 53.8 Å². The zero-order valence-corrected chi connectivity index (χ0v) is 14.2. The second-order valence-electron chi connectivity index (χ2n) is 5.82. The van der Waals surface area contributed by atoms with E-state index in [1.165, 1.54) is 11.1 Å². The molecule has 3 rings (SSSR count). The molecule has 0 aliphatic rings. The predicted molar refractivity (Wildman–Crippen MR) is 101 cm³/mol. The number of hydrogen-bond donors (Lipinski definition) is 2. The fraction of sp³-hybridized carbons (Fsp3) is 0.143. The van der Waals surface area contributed by atoms with Crippen molar-refractivity contribution in [2.24, 2.45) is 5.73 Å². The number of nitrogens with two attached hydrogens (primary N) is 1. The molecule has 24 heavy (non-hydrogen) atoms. The van der Waals surface area contributed by atoms with E-state index in [-0.39, 0.29) is 12.2 Å². The SMILES string of the molecule is NC(NC(Cc1ccccc1)c1ccccc1)c1ccccc1Cl. The first-order chi connectivity index (χ1) is 11.7. The van der Waals surface area contributed by atoms with Gasteiger partial charge in [0.05, 0.1) is 6.17 Å². The van der Waals surface area contributed by atoms with Crippen LogP contribution in [0.4, 0.5) is 0 Å². The Morgan fingerprint density at radius 3 is 2.04 bits per heavy atom. The van der Waals surface area contributed by atoms with E-state index in [9.17, 15) is 0 Å². The molecule has 3 heteroatoms. The van der Waals surface area contributed by atoms with Crippen LogP contribution in [-0.2, 0) is 6.42 Å².